The van der Waals surface area contributed by atoms with Crippen molar-refractivity contribution < 1.29 is 18.0 Å². The second kappa shape index (κ2) is 11.0. The highest BCUT2D eigenvalue weighted by Crippen LogP contribution is 2.41. The van der Waals surface area contributed by atoms with Gasteiger partial charge in [-0.05, 0) is 48.2 Å². The Kier molecular flexibility index (Phi) is 9.14. The fourth-order valence-corrected chi connectivity index (χ4v) is 3.83. The van der Waals surface area contributed by atoms with Gasteiger partial charge in [0, 0.05) is 6.04 Å². The molecule has 1 atom stereocenters. The maximum atomic E-state index is 13.7. The lowest BCUT2D eigenvalue weighted by molar-refractivity contribution is -0.139. The van der Waals surface area contributed by atoms with Gasteiger partial charge < -0.3 is 5.32 Å². The molecule has 0 fully saturated rings. The number of nitrogens with one attached hydrogen (secondary N) is 1. The Morgan fingerprint density at radius 1 is 1.00 bits per heavy atom. The van der Waals surface area contributed by atoms with Gasteiger partial charge in [0.2, 0.25) is 0 Å². The molecule has 0 saturated carbocycles. The van der Waals surface area contributed by atoms with Crippen LogP contribution in [-0.2, 0) is 0 Å². The number of benzene rings is 2. The van der Waals surface area contributed by atoms with Crippen LogP contribution in [0.15, 0.2) is 36.4 Å². The van der Waals surface area contributed by atoms with Crippen molar-refractivity contribution in [2.24, 2.45) is 0 Å². The van der Waals surface area contributed by atoms with E-state index in [0.29, 0.717) is 5.56 Å². The Balaban J connectivity index is 2.31. The Morgan fingerprint density at radius 2 is 1.58 bits per heavy atom. The monoisotopic (exact) mass is 511 g/mol. The first-order valence-corrected chi connectivity index (χ1v) is 11.0. The number of rotatable bonds is 7. The van der Waals surface area contributed by atoms with E-state index in [4.69, 9.17) is 46.4 Å². The topological polar surface area (TPSA) is 29.1 Å². The molecule has 0 bridgehead atoms. The van der Waals surface area contributed by atoms with Crippen molar-refractivity contribution in [3.05, 3.63) is 73.2 Å². The second-order valence-corrected chi connectivity index (χ2v) is 8.50. The van der Waals surface area contributed by atoms with Crippen LogP contribution >= 0.6 is 46.4 Å². The summed E-state index contributed by atoms with van der Waals surface area (Å²) in [5.41, 5.74) is 0.522. The minimum absolute atomic E-state index is 0.00832. The van der Waals surface area contributed by atoms with Gasteiger partial charge in [-0.3, -0.25) is 4.79 Å². The van der Waals surface area contributed by atoms with Crippen LogP contribution in [0.3, 0.4) is 0 Å². The molecule has 0 aliphatic rings. The number of halogens is 7. The molecule has 2 nitrogen and oxygen atoms in total. The molecule has 1 N–H and O–H groups in total. The highest BCUT2D eigenvalue weighted by atomic mass is 35.5. The third kappa shape index (κ3) is 6.79. The van der Waals surface area contributed by atoms with Crippen LogP contribution in [-0.4, -0.2) is 18.1 Å². The lowest BCUT2D eigenvalue weighted by Crippen LogP contribution is -2.33. The molecule has 0 aliphatic carbocycles. The van der Waals surface area contributed by atoms with Crippen molar-refractivity contribution in [3.8, 4) is 0 Å². The van der Waals surface area contributed by atoms with Crippen molar-refractivity contribution in [2.75, 3.05) is 0 Å². The predicted octanol–water partition coefficient (Wildman–Crippen LogP) is 8.58. The van der Waals surface area contributed by atoms with E-state index in [1.165, 1.54) is 24.3 Å². The standard InChI is InChI=1S/C22H20Cl4F3NO/c1-3-14(4-2)30-21(31)15-7-5-12(9-17(15)23)6-8-16(22(27,28)29)13-10-18(24)20(26)19(25)11-13/h5-11,14,16H,3-4H2,1-2H3,(H,30,31)/b8-6+. The summed E-state index contributed by atoms with van der Waals surface area (Å²) in [5.74, 6) is -2.29. The molecule has 2 aromatic carbocycles. The molecule has 9 heteroatoms. The Bertz CT molecular complexity index is 949. The minimum atomic E-state index is -4.59. The van der Waals surface area contributed by atoms with Gasteiger partial charge in [-0.25, -0.2) is 0 Å². The largest absolute Gasteiger partial charge is 0.399 e. The van der Waals surface area contributed by atoms with E-state index in [1.54, 1.807) is 0 Å². The van der Waals surface area contributed by atoms with Gasteiger partial charge >= 0.3 is 6.18 Å². The van der Waals surface area contributed by atoms with Crippen LogP contribution in [0.1, 0.15) is 54.1 Å². The molecule has 31 heavy (non-hydrogen) atoms. The SMILES string of the molecule is CCC(CC)NC(=O)c1ccc(/C=C/C(c2cc(Cl)c(Cl)c(Cl)c2)C(F)(F)F)cc1Cl. The summed E-state index contributed by atoms with van der Waals surface area (Å²) in [7, 11) is 0. The zero-order valence-corrected chi connectivity index (χ0v) is 19.7. The summed E-state index contributed by atoms with van der Waals surface area (Å²) in [6.07, 6.45) is -0.777. The molecular weight excluding hydrogens is 493 g/mol. The van der Waals surface area contributed by atoms with E-state index < -0.39 is 12.1 Å². The van der Waals surface area contributed by atoms with Gasteiger partial charge in [-0.1, -0.05) is 78.5 Å². The lowest BCUT2D eigenvalue weighted by atomic mass is 9.97. The number of carbonyl (C=O) groups is 1. The van der Waals surface area contributed by atoms with E-state index in [1.807, 2.05) is 13.8 Å². The molecule has 2 rings (SSSR count). The van der Waals surface area contributed by atoms with E-state index in [-0.39, 0.29) is 43.2 Å². The van der Waals surface area contributed by atoms with E-state index in [2.05, 4.69) is 5.32 Å². The smallest absolute Gasteiger partial charge is 0.349 e. The first-order valence-electron chi connectivity index (χ1n) is 9.47. The second-order valence-electron chi connectivity index (χ2n) is 6.90. The highest BCUT2D eigenvalue weighted by molar-refractivity contribution is 6.48. The maximum Gasteiger partial charge on any atom is 0.399 e. The molecule has 1 amide bonds. The number of hydrogen-bond donors (Lipinski definition) is 1. The van der Waals surface area contributed by atoms with Crippen molar-refractivity contribution in [1.29, 1.82) is 0 Å². The Morgan fingerprint density at radius 3 is 2.06 bits per heavy atom. The van der Waals surface area contributed by atoms with Crippen molar-refractivity contribution >= 4 is 58.4 Å². The van der Waals surface area contributed by atoms with E-state index >= 15 is 0 Å². The van der Waals surface area contributed by atoms with Crippen LogP contribution in [0.5, 0.6) is 0 Å². The minimum Gasteiger partial charge on any atom is -0.349 e. The molecule has 0 saturated heterocycles. The first-order chi connectivity index (χ1) is 14.5. The molecule has 0 heterocycles. The van der Waals surface area contributed by atoms with Crippen molar-refractivity contribution in [1.82, 2.24) is 5.32 Å². The number of amides is 1. The number of alkyl halides is 3. The molecule has 2 aromatic rings. The maximum absolute atomic E-state index is 13.7. The van der Waals surface area contributed by atoms with Gasteiger partial charge in [-0.2, -0.15) is 13.2 Å². The highest BCUT2D eigenvalue weighted by Gasteiger charge is 2.39. The van der Waals surface area contributed by atoms with Crippen LogP contribution in [0.4, 0.5) is 13.2 Å². The molecular formula is C22H20Cl4F3NO. The zero-order chi connectivity index (χ0) is 23.3. The molecule has 0 aliphatic heterocycles. The lowest BCUT2D eigenvalue weighted by Gasteiger charge is -2.18. The van der Waals surface area contributed by atoms with Crippen LogP contribution in [0.2, 0.25) is 20.1 Å². The molecule has 0 aromatic heterocycles. The molecule has 168 valence electrons. The fraction of sp³-hybridized carbons (Fsp3) is 0.318. The normalized spacial score (nSPS) is 13.1. The van der Waals surface area contributed by atoms with Crippen LogP contribution < -0.4 is 5.32 Å². The summed E-state index contributed by atoms with van der Waals surface area (Å²) >= 11 is 23.8. The average molecular weight is 513 g/mol. The van der Waals surface area contributed by atoms with E-state index in [9.17, 15) is 18.0 Å². The third-order valence-corrected chi connectivity index (χ3v) is 6.27. The summed E-state index contributed by atoms with van der Waals surface area (Å²) in [5, 5.41) is 2.88. The molecule has 0 radical (unpaired) electrons. The first kappa shape index (κ1) is 25.9. The number of hydrogen-bond acceptors (Lipinski definition) is 1. The zero-order valence-electron chi connectivity index (χ0n) is 16.7. The van der Waals surface area contributed by atoms with Crippen LogP contribution in [0.25, 0.3) is 6.08 Å². The quantitative estimate of drug-likeness (QED) is 0.370. The van der Waals surface area contributed by atoms with Crippen molar-refractivity contribution in [2.45, 2.75) is 44.8 Å². The van der Waals surface area contributed by atoms with Crippen LogP contribution in [0, 0.1) is 0 Å². The summed E-state index contributed by atoms with van der Waals surface area (Å²) in [4.78, 5) is 12.4. The fourth-order valence-electron chi connectivity index (χ4n) is 2.95. The van der Waals surface area contributed by atoms with Gasteiger partial charge in [0.15, 0.2) is 0 Å². The average Bonchev–Trinajstić information content (AvgIpc) is 2.69. The number of carbonyl (C=O) groups excluding carboxylic acids is 1. The Labute approximate surface area is 199 Å². The summed E-state index contributed by atoms with van der Waals surface area (Å²) < 4.78 is 41.0. The van der Waals surface area contributed by atoms with Gasteiger partial charge in [-0.15, -0.1) is 0 Å². The summed E-state index contributed by atoms with van der Waals surface area (Å²) in [6.45, 7) is 3.92. The Hall–Kier alpha value is -1.40. The van der Waals surface area contributed by atoms with E-state index in [0.717, 1.165) is 31.1 Å². The van der Waals surface area contributed by atoms with Crippen molar-refractivity contribution in [3.63, 3.8) is 0 Å². The number of allylic oxidation sites excluding steroid dienone is 1. The van der Waals surface area contributed by atoms with Gasteiger partial charge in [0.25, 0.3) is 5.91 Å². The predicted molar refractivity (Wildman–Crippen MR) is 123 cm³/mol. The molecule has 0 spiro atoms. The third-order valence-electron chi connectivity index (χ3n) is 4.76. The van der Waals surface area contributed by atoms with Gasteiger partial charge in [0.1, 0.15) is 0 Å². The summed E-state index contributed by atoms with van der Waals surface area (Å²) in [6, 6.07) is 6.74. The van der Waals surface area contributed by atoms with Gasteiger partial charge in [0.05, 0.1) is 31.6 Å². The molecule has 1 unspecified atom stereocenters.